The zero-order chi connectivity index (χ0) is 21.8. The summed E-state index contributed by atoms with van der Waals surface area (Å²) in [5.41, 5.74) is 1.14. The molecule has 0 spiro atoms. The van der Waals surface area contributed by atoms with Gasteiger partial charge in [-0.1, -0.05) is 31.5 Å². The molecular weight excluding hydrogens is 387 g/mol. The van der Waals surface area contributed by atoms with Crippen LogP contribution in [-0.4, -0.2) is 44.5 Å². The van der Waals surface area contributed by atoms with Crippen LogP contribution in [0.1, 0.15) is 53.2 Å². The molecule has 6 nitrogen and oxygen atoms in total. The van der Waals surface area contributed by atoms with Crippen molar-refractivity contribution in [3.05, 3.63) is 58.9 Å². The molecule has 7 heteroatoms. The van der Waals surface area contributed by atoms with Gasteiger partial charge in [0.15, 0.2) is 11.5 Å². The van der Waals surface area contributed by atoms with E-state index < -0.39 is 17.8 Å². The molecule has 30 heavy (non-hydrogen) atoms. The average Bonchev–Trinajstić information content (AvgIpc) is 2.75. The summed E-state index contributed by atoms with van der Waals surface area (Å²) in [4.78, 5) is 27.9. The van der Waals surface area contributed by atoms with Crippen molar-refractivity contribution in [2.24, 2.45) is 0 Å². The van der Waals surface area contributed by atoms with E-state index in [1.807, 2.05) is 6.92 Å². The molecule has 0 radical (unpaired) electrons. The summed E-state index contributed by atoms with van der Waals surface area (Å²) in [7, 11) is 4.56. The molecule has 2 aromatic carbocycles. The van der Waals surface area contributed by atoms with Gasteiger partial charge in [-0.3, -0.25) is 9.59 Å². The Balaban J connectivity index is 2.19. The largest absolute Gasteiger partial charge is 0.493 e. The Morgan fingerprint density at radius 2 is 1.80 bits per heavy atom. The number of nitrogens with one attached hydrogen (secondary N) is 1. The molecule has 1 aliphatic heterocycles. The van der Waals surface area contributed by atoms with Crippen molar-refractivity contribution in [3.8, 4) is 11.5 Å². The van der Waals surface area contributed by atoms with Crippen LogP contribution in [0.3, 0.4) is 0 Å². The minimum absolute atomic E-state index is 0.260. The van der Waals surface area contributed by atoms with Gasteiger partial charge < -0.3 is 19.7 Å². The van der Waals surface area contributed by atoms with Crippen molar-refractivity contribution >= 4 is 11.8 Å². The zero-order valence-electron chi connectivity index (χ0n) is 17.7. The highest BCUT2D eigenvalue weighted by Gasteiger charge is 2.44. The van der Waals surface area contributed by atoms with Gasteiger partial charge in [-0.25, -0.2) is 4.39 Å². The van der Waals surface area contributed by atoms with Gasteiger partial charge in [0.2, 0.25) is 5.91 Å². The smallest absolute Gasteiger partial charge is 0.254 e. The average molecular weight is 414 g/mol. The molecule has 1 N–H and O–H groups in total. The van der Waals surface area contributed by atoms with Gasteiger partial charge >= 0.3 is 0 Å². The van der Waals surface area contributed by atoms with E-state index in [0.717, 1.165) is 12.8 Å². The Bertz CT molecular complexity index is 947. The van der Waals surface area contributed by atoms with E-state index in [4.69, 9.17) is 9.47 Å². The molecule has 0 unspecified atom stereocenters. The number of halogens is 1. The number of hydrogen-bond acceptors (Lipinski definition) is 4. The lowest BCUT2D eigenvalue weighted by Gasteiger charge is -2.40. The molecule has 0 saturated carbocycles. The van der Waals surface area contributed by atoms with E-state index >= 15 is 0 Å². The Morgan fingerprint density at radius 1 is 1.13 bits per heavy atom. The number of rotatable bonds is 7. The van der Waals surface area contributed by atoms with Crippen molar-refractivity contribution in [2.45, 2.75) is 31.7 Å². The van der Waals surface area contributed by atoms with Crippen LogP contribution in [0.15, 0.2) is 36.4 Å². The van der Waals surface area contributed by atoms with E-state index in [1.165, 1.54) is 25.2 Å². The predicted octanol–water partition coefficient (Wildman–Crippen LogP) is 3.67. The lowest BCUT2D eigenvalue weighted by molar-refractivity contribution is -0.124. The van der Waals surface area contributed by atoms with Gasteiger partial charge in [-0.05, 0) is 30.2 Å². The fraction of sp³-hybridized carbons (Fsp3) is 0.391. The quantitative estimate of drug-likeness (QED) is 0.702. The van der Waals surface area contributed by atoms with Crippen molar-refractivity contribution in [1.82, 2.24) is 10.2 Å². The minimum atomic E-state index is -0.795. The standard InChI is InChI=1S/C23H27FN2O4/c1-5-6-11-25-22(27)20-15-12-18(29-3)19(30-4)13-16(15)23(28)26(2)21(20)14-9-7-8-10-17(14)24/h7-10,12-13,20-21H,5-6,11H2,1-4H3,(H,25,27)/t20-,21-/m0/s1. The van der Waals surface area contributed by atoms with Crippen LogP contribution < -0.4 is 14.8 Å². The summed E-state index contributed by atoms with van der Waals surface area (Å²) in [6.07, 6.45) is 1.76. The summed E-state index contributed by atoms with van der Waals surface area (Å²) in [6, 6.07) is 8.68. The second kappa shape index (κ2) is 9.15. The third-order valence-corrected chi connectivity index (χ3v) is 5.51. The first-order valence-electron chi connectivity index (χ1n) is 9.99. The number of carbonyl (C=O) groups excluding carboxylic acids is 2. The molecule has 0 aliphatic carbocycles. The summed E-state index contributed by atoms with van der Waals surface area (Å²) in [5.74, 6) is -1.02. The molecule has 160 valence electrons. The van der Waals surface area contributed by atoms with Crippen LogP contribution in [0.2, 0.25) is 0 Å². The third kappa shape index (κ3) is 3.84. The van der Waals surface area contributed by atoms with E-state index in [9.17, 15) is 14.0 Å². The highest BCUT2D eigenvalue weighted by atomic mass is 19.1. The molecule has 2 aromatic rings. The van der Waals surface area contributed by atoms with Crippen molar-refractivity contribution in [1.29, 1.82) is 0 Å². The predicted molar refractivity (Wildman–Crippen MR) is 111 cm³/mol. The number of unbranched alkanes of at least 4 members (excludes halogenated alkanes) is 1. The molecule has 0 aromatic heterocycles. The van der Waals surface area contributed by atoms with Gasteiger partial charge in [-0.15, -0.1) is 0 Å². The summed E-state index contributed by atoms with van der Waals surface area (Å²) in [6.45, 7) is 2.55. The topological polar surface area (TPSA) is 67.9 Å². The molecule has 1 aliphatic rings. The van der Waals surface area contributed by atoms with Crippen molar-refractivity contribution < 1.29 is 23.5 Å². The summed E-state index contributed by atoms with van der Waals surface area (Å²) < 4.78 is 25.5. The van der Waals surface area contributed by atoms with E-state index in [0.29, 0.717) is 34.7 Å². The SMILES string of the molecule is CCCCNC(=O)[C@H]1c2cc(OC)c(OC)cc2C(=O)N(C)[C@H]1c1ccccc1F. The molecule has 0 saturated heterocycles. The van der Waals surface area contributed by atoms with Crippen LogP contribution in [0.4, 0.5) is 4.39 Å². The van der Waals surface area contributed by atoms with E-state index in [1.54, 1.807) is 37.4 Å². The number of carbonyl (C=O) groups is 2. The first-order chi connectivity index (χ1) is 14.4. The van der Waals surface area contributed by atoms with Gasteiger partial charge in [-0.2, -0.15) is 0 Å². The molecule has 0 bridgehead atoms. The highest BCUT2D eigenvalue weighted by molar-refractivity contribution is 6.02. The second-order valence-corrected chi connectivity index (χ2v) is 7.30. The maximum Gasteiger partial charge on any atom is 0.254 e. The molecule has 2 atom stereocenters. The lowest BCUT2D eigenvalue weighted by atomic mass is 9.79. The van der Waals surface area contributed by atoms with Crippen LogP contribution in [0.25, 0.3) is 0 Å². The second-order valence-electron chi connectivity index (χ2n) is 7.30. The van der Waals surface area contributed by atoms with Gasteiger partial charge in [0.25, 0.3) is 5.91 Å². The fourth-order valence-corrected chi connectivity index (χ4v) is 3.93. The minimum Gasteiger partial charge on any atom is -0.493 e. The van der Waals surface area contributed by atoms with E-state index in [2.05, 4.69) is 5.32 Å². The fourth-order valence-electron chi connectivity index (χ4n) is 3.93. The third-order valence-electron chi connectivity index (χ3n) is 5.51. The number of fused-ring (bicyclic) bond motifs is 1. The monoisotopic (exact) mass is 414 g/mol. The Labute approximate surface area is 176 Å². The molecule has 1 heterocycles. The Kier molecular flexibility index (Phi) is 6.59. The number of benzene rings is 2. The van der Waals surface area contributed by atoms with Crippen molar-refractivity contribution in [2.75, 3.05) is 27.8 Å². The zero-order valence-corrected chi connectivity index (χ0v) is 17.7. The van der Waals surface area contributed by atoms with E-state index in [-0.39, 0.29) is 11.8 Å². The number of methoxy groups -OCH3 is 2. The van der Waals surface area contributed by atoms with Crippen LogP contribution in [-0.2, 0) is 4.79 Å². The normalized spacial score (nSPS) is 18.0. The summed E-state index contributed by atoms with van der Waals surface area (Å²) in [5, 5.41) is 2.94. The molecular formula is C23H27FN2O4. The maximum atomic E-state index is 14.7. The van der Waals surface area contributed by atoms with Crippen molar-refractivity contribution in [3.63, 3.8) is 0 Å². The maximum absolute atomic E-state index is 14.7. The number of likely N-dealkylation sites (N-methyl/N-ethyl adjacent to an activating group) is 1. The van der Waals surface area contributed by atoms with Crippen LogP contribution in [0.5, 0.6) is 11.5 Å². The molecule has 3 rings (SSSR count). The Hall–Kier alpha value is -3.09. The Morgan fingerprint density at radius 3 is 2.43 bits per heavy atom. The van der Waals surface area contributed by atoms with Gasteiger partial charge in [0.05, 0.1) is 26.2 Å². The molecule has 0 fully saturated rings. The van der Waals surface area contributed by atoms with Gasteiger partial charge in [0, 0.05) is 24.7 Å². The highest BCUT2D eigenvalue weighted by Crippen LogP contribution is 2.46. The molecule has 2 amide bonds. The summed E-state index contributed by atoms with van der Waals surface area (Å²) >= 11 is 0. The number of amides is 2. The lowest BCUT2D eigenvalue weighted by Crippen LogP contribution is -2.46. The first-order valence-corrected chi connectivity index (χ1v) is 9.99. The van der Waals surface area contributed by atoms with Crippen LogP contribution >= 0.6 is 0 Å². The first kappa shape index (κ1) is 21.6. The number of ether oxygens (including phenoxy) is 2. The van der Waals surface area contributed by atoms with Gasteiger partial charge in [0.1, 0.15) is 5.82 Å². The number of hydrogen-bond donors (Lipinski definition) is 1. The number of nitrogens with zero attached hydrogens (tertiary/aromatic N) is 1. The van der Waals surface area contributed by atoms with Crippen LogP contribution in [0, 0.1) is 5.82 Å².